The number of ether oxygens (including phenoxy) is 2. The summed E-state index contributed by atoms with van der Waals surface area (Å²) < 4.78 is 12.5. The summed E-state index contributed by atoms with van der Waals surface area (Å²) in [5.41, 5.74) is 5.38. The molecule has 0 saturated carbocycles. The van der Waals surface area contributed by atoms with E-state index in [9.17, 15) is 0 Å². The average molecular weight is 577 g/mol. The minimum atomic E-state index is 0.266. The van der Waals surface area contributed by atoms with Gasteiger partial charge in [-0.25, -0.2) is 0 Å². The Morgan fingerprint density at radius 1 is 0.969 bits per heavy atom. The molecular formula is C23H19BrCl4N2O2. The molecule has 0 atom stereocenters. The molecule has 0 amide bonds. The van der Waals surface area contributed by atoms with Crippen LogP contribution in [0.2, 0.25) is 20.1 Å². The van der Waals surface area contributed by atoms with Crippen molar-refractivity contribution in [1.82, 2.24) is 5.43 Å². The van der Waals surface area contributed by atoms with Gasteiger partial charge in [-0.15, -0.1) is 0 Å². The minimum Gasteiger partial charge on any atom is -0.490 e. The van der Waals surface area contributed by atoms with Crippen molar-refractivity contribution in [3.63, 3.8) is 0 Å². The predicted molar refractivity (Wildman–Crippen MR) is 137 cm³/mol. The van der Waals surface area contributed by atoms with Crippen LogP contribution in [-0.4, -0.2) is 12.8 Å². The SMILES string of the molecule is CCOc1cc(/C=N\NCc2c(Cl)cccc2Cl)cc(Br)c1OCc1ccc(Cl)cc1Cl. The molecule has 0 spiro atoms. The van der Waals surface area contributed by atoms with E-state index in [1.54, 1.807) is 36.5 Å². The van der Waals surface area contributed by atoms with Crippen molar-refractivity contribution < 1.29 is 9.47 Å². The molecular weight excluding hydrogens is 558 g/mol. The zero-order valence-corrected chi connectivity index (χ0v) is 21.6. The predicted octanol–water partition coefficient (Wildman–Crippen LogP) is 8.16. The molecule has 3 aromatic rings. The highest BCUT2D eigenvalue weighted by Crippen LogP contribution is 2.37. The van der Waals surface area contributed by atoms with Crippen molar-refractivity contribution in [1.29, 1.82) is 0 Å². The normalized spacial score (nSPS) is 11.1. The third-order valence-corrected chi connectivity index (χ3v) is 6.23. The topological polar surface area (TPSA) is 42.8 Å². The number of nitrogens with one attached hydrogen (secondary N) is 1. The van der Waals surface area contributed by atoms with Gasteiger partial charge in [0.05, 0.1) is 23.8 Å². The number of hydrogen-bond acceptors (Lipinski definition) is 4. The van der Waals surface area contributed by atoms with E-state index in [2.05, 4.69) is 26.5 Å². The smallest absolute Gasteiger partial charge is 0.175 e. The average Bonchev–Trinajstić information content (AvgIpc) is 2.74. The summed E-state index contributed by atoms with van der Waals surface area (Å²) in [6, 6.07) is 14.4. The van der Waals surface area contributed by atoms with Crippen LogP contribution in [0.5, 0.6) is 11.5 Å². The number of hydrogen-bond donors (Lipinski definition) is 1. The van der Waals surface area contributed by atoms with Crippen LogP contribution in [0.1, 0.15) is 23.6 Å². The van der Waals surface area contributed by atoms with Gasteiger partial charge in [0.15, 0.2) is 11.5 Å². The van der Waals surface area contributed by atoms with Crippen molar-refractivity contribution >= 4 is 68.5 Å². The van der Waals surface area contributed by atoms with Crippen LogP contribution < -0.4 is 14.9 Å². The molecule has 4 nitrogen and oxygen atoms in total. The van der Waals surface area contributed by atoms with Crippen LogP contribution >= 0.6 is 62.3 Å². The van der Waals surface area contributed by atoms with E-state index < -0.39 is 0 Å². The molecule has 0 fully saturated rings. The second-order valence-electron chi connectivity index (χ2n) is 6.58. The summed E-state index contributed by atoms with van der Waals surface area (Å²) in [6.07, 6.45) is 1.68. The van der Waals surface area contributed by atoms with Crippen LogP contribution in [0.25, 0.3) is 0 Å². The summed E-state index contributed by atoms with van der Waals surface area (Å²) in [5.74, 6) is 1.16. The summed E-state index contributed by atoms with van der Waals surface area (Å²) in [5, 5.41) is 6.55. The largest absolute Gasteiger partial charge is 0.490 e. The number of halogens is 5. The van der Waals surface area contributed by atoms with Gasteiger partial charge in [0.1, 0.15) is 6.61 Å². The quantitative estimate of drug-likeness (QED) is 0.206. The van der Waals surface area contributed by atoms with Crippen LogP contribution in [-0.2, 0) is 13.2 Å². The van der Waals surface area contributed by atoms with Crippen LogP contribution in [0.15, 0.2) is 58.1 Å². The molecule has 0 aliphatic carbocycles. The van der Waals surface area contributed by atoms with Crippen molar-refractivity contribution in [2.24, 2.45) is 5.10 Å². The van der Waals surface area contributed by atoms with Crippen molar-refractivity contribution in [3.8, 4) is 11.5 Å². The maximum Gasteiger partial charge on any atom is 0.175 e. The fourth-order valence-corrected chi connectivity index (χ4v) is 4.37. The van der Waals surface area contributed by atoms with Gasteiger partial charge in [-0.1, -0.05) is 58.5 Å². The van der Waals surface area contributed by atoms with Gasteiger partial charge < -0.3 is 14.9 Å². The van der Waals surface area contributed by atoms with E-state index in [0.717, 1.165) is 21.2 Å². The first-order valence-corrected chi connectivity index (χ1v) is 11.9. The molecule has 32 heavy (non-hydrogen) atoms. The molecule has 168 valence electrons. The van der Waals surface area contributed by atoms with E-state index in [-0.39, 0.29) is 6.61 Å². The highest BCUT2D eigenvalue weighted by Gasteiger charge is 2.13. The van der Waals surface area contributed by atoms with E-state index in [1.807, 2.05) is 25.1 Å². The molecule has 0 radical (unpaired) electrons. The third kappa shape index (κ3) is 6.69. The lowest BCUT2D eigenvalue weighted by molar-refractivity contribution is 0.267. The Balaban J connectivity index is 1.72. The third-order valence-electron chi connectivity index (χ3n) is 4.34. The maximum absolute atomic E-state index is 6.25. The molecule has 0 saturated heterocycles. The monoisotopic (exact) mass is 574 g/mol. The maximum atomic E-state index is 6.25. The van der Waals surface area contributed by atoms with Crippen LogP contribution in [0.4, 0.5) is 0 Å². The first-order valence-electron chi connectivity index (χ1n) is 9.61. The Labute approximate surface area is 215 Å². The summed E-state index contributed by atoms with van der Waals surface area (Å²) in [4.78, 5) is 0. The lowest BCUT2D eigenvalue weighted by atomic mass is 10.2. The molecule has 0 aliphatic heterocycles. The standard InChI is InChI=1S/C23H19BrCl4N2O2/c1-2-31-22-9-14(11-29-30-12-17-19(26)4-3-5-20(17)27)8-18(24)23(22)32-13-15-6-7-16(25)10-21(15)28/h3-11,30H,2,12-13H2,1H3/b29-11-. The highest BCUT2D eigenvalue weighted by atomic mass is 79.9. The summed E-state index contributed by atoms with van der Waals surface area (Å²) in [6.45, 7) is 3.05. The molecule has 0 aliphatic rings. The fraction of sp³-hybridized carbons (Fsp3) is 0.174. The van der Waals surface area contributed by atoms with Gasteiger partial charge in [0.25, 0.3) is 0 Å². The zero-order valence-electron chi connectivity index (χ0n) is 17.0. The van der Waals surface area contributed by atoms with E-state index >= 15 is 0 Å². The van der Waals surface area contributed by atoms with Crippen molar-refractivity contribution in [2.45, 2.75) is 20.1 Å². The molecule has 9 heteroatoms. The van der Waals surface area contributed by atoms with Gasteiger partial charge in [0.2, 0.25) is 0 Å². The Hall–Kier alpha value is -1.63. The van der Waals surface area contributed by atoms with Gasteiger partial charge >= 0.3 is 0 Å². The number of benzene rings is 3. The Morgan fingerprint density at radius 2 is 1.72 bits per heavy atom. The molecule has 0 heterocycles. The van der Waals surface area contributed by atoms with Crippen LogP contribution in [0.3, 0.4) is 0 Å². The van der Waals surface area contributed by atoms with Gasteiger partial charge in [0, 0.05) is 31.2 Å². The number of hydrazone groups is 1. The summed E-state index contributed by atoms with van der Waals surface area (Å²) in [7, 11) is 0. The molecule has 0 unspecified atom stereocenters. The molecule has 3 rings (SSSR count). The van der Waals surface area contributed by atoms with Gasteiger partial charge in [-0.05, 0) is 64.8 Å². The Morgan fingerprint density at radius 3 is 2.41 bits per heavy atom. The number of rotatable bonds is 9. The number of nitrogens with zero attached hydrogens (tertiary/aromatic N) is 1. The molecule has 1 N–H and O–H groups in total. The van der Waals surface area contributed by atoms with E-state index in [1.165, 1.54) is 0 Å². The van der Waals surface area contributed by atoms with Crippen LogP contribution in [0, 0.1) is 0 Å². The van der Waals surface area contributed by atoms with Crippen molar-refractivity contribution in [2.75, 3.05) is 6.61 Å². The first-order chi connectivity index (χ1) is 15.4. The first kappa shape index (κ1) is 25.0. The Bertz CT molecular complexity index is 1110. The summed E-state index contributed by atoms with van der Waals surface area (Å²) >= 11 is 28.1. The van der Waals surface area contributed by atoms with Crippen molar-refractivity contribution in [3.05, 3.63) is 89.8 Å². The second-order valence-corrected chi connectivity index (χ2v) is 9.09. The van der Waals surface area contributed by atoms with Gasteiger partial charge in [-0.3, -0.25) is 0 Å². The lowest BCUT2D eigenvalue weighted by Gasteiger charge is -2.15. The second kappa shape index (κ2) is 12.0. The fourth-order valence-electron chi connectivity index (χ4n) is 2.80. The highest BCUT2D eigenvalue weighted by molar-refractivity contribution is 9.10. The van der Waals surface area contributed by atoms with Gasteiger partial charge in [-0.2, -0.15) is 5.10 Å². The molecule has 0 bridgehead atoms. The van der Waals surface area contributed by atoms with E-state index in [0.29, 0.717) is 44.7 Å². The molecule has 0 aromatic heterocycles. The molecule has 3 aromatic carbocycles. The van der Waals surface area contributed by atoms with E-state index in [4.69, 9.17) is 55.9 Å². The Kier molecular flexibility index (Phi) is 9.38. The zero-order chi connectivity index (χ0) is 23.1. The lowest BCUT2D eigenvalue weighted by Crippen LogP contribution is -2.07. The minimum absolute atomic E-state index is 0.266.